The second-order valence-corrected chi connectivity index (χ2v) is 13.0. The lowest BCUT2D eigenvalue weighted by Crippen LogP contribution is -2.50. The maximum absolute atomic E-state index is 15.1. The van der Waals surface area contributed by atoms with Crippen molar-refractivity contribution in [3.8, 4) is 11.1 Å². The maximum Gasteiger partial charge on any atom is 0.410 e. The summed E-state index contributed by atoms with van der Waals surface area (Å²) in [6.45, 7) is 6.40. The normalized spacial score (nSPS) is 19.0. The molecule has 2 aliphatic rings. The lowest BCUT2D eigenvalue weighted by atomic mass is 10.1. The number of ether oxygens (including phenoxy) is 1. The average Bonchev–Trinajstić information content (AvgIpc) is 3.60. The average molecular weight is 564 g/mol. The Labute approximate surface area is 232 Å². The number of benzene rings is 2. The molecule has 0 spiro atoms. The van der Waals surface area contributed by atoms with E-state index in [4.69, 9.17) is 4.74 Å². The number of carbonyl (C=O) groups excluding carboxylic acids is 1. The summed E-state index contributed by atoms with van der Waals surface area (Å²) in [7, 11) is -3.91. The van der Waals surface area contributed by atoms with Gasteiger partial charge in [0.25, 0.3) is 0 Å². The number of amides is 1. The second-order valence-electron chi connectivity index (χ2n) is 11.2. The fourth-order valence-electron chi connectivity index (χ4n) is 5.38. The first-order chi connectivity index (χ1) is 19.0. The van der Waals surface area contributed by atoms with Crippen LogP contribution in [0.3, 0.4) is 0 Å². The molecule has 2 aromatic heterocycles. The zero-order valence-electron chi connectivity index (χ0n) is 22.5. The topological polar surface area (TPSA) is 97.6 Å². The van der Waals surface area contributed by atoms with Crippen LogP contribution in [0.2, 0.25) is 0 Å². The number of aromatic nitrogens is 3. The van der Waals surface area contributed by atoms with E-state index in [1.807, 2.05) is 26.8 Å². The summed E-state index contributed by atoms with van der Waals surface area (Å²) >= 11 is 0. The van der Waals surface area contributed by atoms with Gasteiger partial charge in [-0.05, 0) is 38.8 Å². The molecule has 3 heterocycles. The number of fused-ring (bicyclic) bond motifs is 2. The second kappa shape index (κ2) is 9.58. The Morgan fingerprint density at radius 2 is 1.73 bits per heavy atom. The molecule has 1 saturated heterocycles. The standard InChI is InChI=1S/C29H30FN5O4S/c1-29(2,3)39-28(36)34-14-13-33(23-15-24(23)34)26-25-21(20-11-7-8-12-22(20)30)16-35(27(25)32-18-31-26)40(37,38)17-19-9-5-4-6-10-19/h4-12,16,18,23-24H,13-15,17H2,1-3H3. The van der Waals surface area contributed by atoms with Crippen molar-refractivity contribution in [2.24, 2.45) is 0 Å². The van der Waals surface area contributed by atoms with E-state index >= 15 is 4.39 Å². The van der Waals surface area contributed by atoms with Crippen molar-refractivity contribution in [2.45, 2.75) is 50.6 Å². The summed E-state index contributed by atoms with van der Waals surface area (Å²) in [5.74, 6) is -0.198. The highest BCUT2D eigenvalue weighted by atomic mass is 32.2. The van der Waals surface area contributed by atoms with Crippen LogP contribution < -0.4 is 4.90 Å². The molecule has 2 aromatic carbocycles. The molecule has 6 rings (SSSR count). The third-order valence-electron chi connectivity index (χ3n) is 7.19. The molecule has 2 fully saturated rings. The molecule has 0 N–H and O–H groups in total. The van der Waals surface area contributed by atoms with E-state index in [1.165, 1.54) is 18.6 Å². The van der Waals surface area contributed by atoms with Gasteiger partial charge in [-0.2, -0.15) is 0 Å². The summed E-state index contributed by atoms with van der Waals surface area (Å²) in [6, 6.07) is 15.1. The zero-order valence-corrected chi connectivity index (χ0v) is 23.3. The van der Waals surface area contributed by atoms with Crippen molar-refractivity contribution < 1.29 is 22.3 Å². The van der Waals surface area contributed by atoms with Gasteiger partial charge in [0, 0.05) is 30.4 Å². The van der Waals surface area contributed by atoms with Gasteiger partial charge in [-0.15, -0.1) is 0 Å². The molecule has 9 nitrogen and oxygen atoms in total. The van der Waals surface area contributed by atoms with Crippen LogP contribution in [0.1, 0.15) is 32.8 Å². The Morgan fingerprint density at radius 3 is 2.45 bits per heavy atom. The number of anilines is 1. The number of nitrogens with zero attached hydrogens (tertiary/aromatic N) is 5. The molecular weight excluding hydrogens is 533 g/mol. The molecule has 0 radical (unpaired) electrons. The molecule has 208 valence electrons. The zero-order chi connectivity index (χ0) is 28.2. The van der Waals surface area contributed by atoms with E-state index < -0.39 is 21.4 Å². The number of rotatable bonds is 5. The summed E-state index contributed by atoms with van der Waals surface area (Å²) < 4.78 is 49.2. The first kappa shape index (κ1) is 26.2. The number of carbonyl (C=O) groups is 1. The molecule has 0 bridgehead atoms. The van der Waals surface area contributed by atoms with Crippen molar-refractivity contribution in [3.63, 3.8) is 0 Å². The highest BCUT2D eigenvalue weighted by Crippen LogP contribution is 2.44. The quantitative estimate of drug-likeness (QED) is 0.344. The minimum atomic E-state index is -3.91. The Morgan fingerprint density at radius 1 is 1.00 bits per heavy atom. The van der Waals surface area contributed by atoms with Gasteiger partial charge >= 0.3 is 6.09 Å². The van der Waals surface area contributed by atoms with Crippen molar-refractivity contribution in [1.29, 1.82) is 0 Å². The van der Waals surface area contributed by atoms with Crippen LogP contribution in [0.25, 0.3) is 22.2 Å². The Hall–Kier alpha value is -3.99. The number of hydrogen-bond acceptors (Lipinski definition) is 7. The van der Waals surface area contributed by atoms with Crippen molar-refractivity contribution >= 4 is 33.0 Å². The smallest absolute Gasteiger partial charge is 0.410 e. The van der Waals surface area contributed by atoms with Crippen LogP contribution >= 0.6 is 0 Å². The summed E-state index contributed by atoms with van der Waals surface area (Å²) in [6.07, 6.45) is 3.17. The van der Waals surface area contributed by atoms with Crippen LogP contribution in [0, 0.1) is 5.82 Å². The molecule has 1 aliphatic carbocycles. The highest BCUT2D eigenvalue weighted by molar-refractivity contribution is 7.89. The van der Waals surface area contributed by atoms with E-state index in [9.17, 15) is 13.2 Å². The maximum atomic E-state index is 15.1. The van der Waals surface area contributed by atoms with Gasteiger partial charge in [0.05, 0.1) is 23.2 Å². The van der Waals surface area contributed by atoms with Gasteiger partial charge in [0.15, 0.2) is 5.65 Å². The molecule has 4 aromatic rings. The summed E-state index contributed by atoms with van der Waals surface area (Å²) in [5, 5.41) is 0.459. The van der Waals surface area contributed by atoms with Gasteiger partial charge in [-0.3, -0.25) is 0 Å². The number of halogens is 1. The molecule has 1 aliphatic heterocycles. The van der Waals surface area contributed by atoms with E-state index in [1.54, 1.807) is 47.4 Å². The van der Waals surface area contributed by atoms with Crippen LogP contribution in [-0.2, 0) is 20.5 Å². The first-order valence-electron chi connectivity index (χ1n) is 13.2. The van der Waals surface area contributed by atoms with E-state index in [0.717, 1.165) is 10.4 Å². The van der Waals surface area contributed by atoms with Crippen molar-refractivity contribution in [1.82, 2.24) is 18.8 Å². The summed E-state index contributed by atoms with van der Waals surface area (Å²) in [4.78, 5) is 25.6. The minimum absolute atomic E-state index is 0.0166. The van der Waals surface area contributed by atoms with Crippen molar-refractivity contribution in [2.75, 3.05) is 18.0 Å². The molecule has 2 unspecified atom stereocenters. The van der Waals surface area contributed by atoms with E-state index in [-0.39, 0.29) is 35.1 Å². The van der Waals surface area contributed by atoms with Crippen molar-refractivity contribution in [3.05, 3.63) is 78.5 Å². The molecule has 40 heavy (non-hydrogen) atoms. The van der Waals surface area contributed by atoms with Gasteiger partial charge < -0.3 is 14.5 Å². The fraction of sp³-hybridized carbons (Fsp3) is 0.345. The van der Waals surface area contributed by atoms with Crippen LogP contribution in [-0.4, -0.2) is 64.1 Å². The Balaban J connectivity index is 1.43. The van der Waals surface area contributed by atoms with Gasteiger partial charge in [-0.1, -0.05) is 48.5 Å². The predicted octanol–water partition coefficient (Wildman–Crippen LogP) is 4.81. The van der Waals surface area contributed by atoms with Crippen LogP contribution in [0.4, 0.5) is 15.0 Å². The molecule has 2 atom stereocenters. The van der Waals surface area contributed by atoms with Gasteiger partial charge in [-0.25, -0.2) is 31.5 Å². The van der Waals surface area contributed by atoms with E-state index in [2.05, 4.69) is 14.9 Å². The Kier molecular flexibility index (Phi) is 6.29. The third-order valence-corrected chi connectivity index (χ3v) is 8.77. The molecule has 11 heteroatoms. The first-order valence-corrected chi connectivity index (χ1v) is 14.8. The SMILES string of the molecule is CC(C)(C)OC(=O)N1CCN(c2ncnc3c2c(-c2ccccc2F)cn3S(=O)(=O)Cc2ccccc2)C2CC21. The summed E-state index contributed by atoms with van der Waals surface area (Å²) in [5.41, 5.74) is 0.875. The van der Waals surface area contributed by atoms with Gasteiger partial charge in [0.1, 0.15) is 23.6 Å². The predicted molar refractivity (Wildman–Crippen MR) is 150 cm³/mol. The lowest BCUT2D eigenvalue weighted by molar-refractivity contribution is 0.0218. The molecule has 1 saturated carbocycles. The Bertz CT molecular complexity index is 1700. The molecular formula is C29H30FN5O4S. The lowest BCUT2D eigenvalue weighted by Gasteiger charge is -2.36. The van der Waals surface area contributed by atoms with E-state index in [0.29, 0.717) is 35.4 Å². The highest BCUT2D eigenvalue weighted by Gasteiger charge is 2.52. The van der Waals surface area contributed by atoms with Crippen LogP contribution in [0.15, 0.2) is 67.1 Å². The van der Waals surface area contributed by atoms with Crippen LogP contribution in [0.5, 0.6) is 0 Å². The largest absolute Gasteiger partial charge is 0.444 e. The minimum Gasteiger partial charge on any atom is -0.444 e. The number of hydrogen-bond donors (Lipinski definition) is 0. The monoisotopic (exact) mass is 563 g/mol. The fourth-order valence-corrected chi connectivity index (χ4v) is 6.80. The third kappa shape index (κ3) is 4.78. The number of piperazine rings is 1. The molecule has 1 amide bonds. The van der Waals surface area contributed by atoms with Gasteiger partial charge in [0.2, 0.25) is 10.0 Å².